The van der Waals surface area contributed by atoms with Crippen molar-refractivity contribution in [1.29, 1.82) is 0 Å². The fraction of sp³-hybridized carbons (Fsp3) is 0.786. The zero-order valence-electron chi connectivity index (χ0n) is 11.2. The molecule has 0 bridgehead atoms. The Balaban J connectivity index is 1.76. The Kier molecular flexibility index (Phi) is 5.51. The van der Waals surface area contributed by atoms with E-state index in [9.17, 15) is 0 Å². The summed E-state index contributed by atoms with van der Waals surface area (Å²) in [6.07, 6.45) is 9.64. The number of rotatable bonds is 7. The van der Waals surface area contributed by atoms with Crippen LogP contribution in [-0.2, 0) is 6.54 Å². The van der Waals surface area contributed by atoms with E-state index >= 15 is 0 Å². The van der Waals surface area contributed by atoms with Crippen molar-refractivity contribution in [3.63, 3.8) is 0 Å². The molecule has 1 aliphatic rings. The highest BCUT2D eigenvalue weighted by atomic mass is 35.5. The lowest BCUT2D eigenvalue weighted by atomic mass is 10.2. The third kappa shape index (κ3) is 3.99. The van der Waals surface area contributed by atoms with Crippen LogP contribution < -0.4 is 5.32 Å². The van der Waals surface area contributed by atoms with Crippen molar-refractivity contribution >= 4 is 11.6 Å². The van der Waals surface area contributed by atoms with E-state index in [-0.39, 0.29) is 0 Å². The summed E-state index contributed by atoms with van der Waals surface area (Å²) in [6.45, 7) is 3.07. The van der Waals surface area contributed by atoms with E-state index < -0.39 is 0 Å². The molecule has 1 aliphatic carbocycles. The summed E-state index contributed by atoms with van der Waals surface area (Å²) in [5.74, 6) is 0.752. The molecule has 0 saturated heterocycles. The first-order valence-electron chi connectivity index (χ1n) is 7.13. The summed E-state index contributed by atoms with van der Waals surface area (Å²) >= 11 is 5.70. The van der Waals surface area contributed by atoms with Gasteiger partial charge in [0.15, 0.2) is 0 Å². The number of nitrogens with one attached hydrogen (secondary N) is 1. The zero-order valence-corrected chi connectivity index (χ0v) is 12.0. The van der Waals surface area contributed by atoms with Crippen LogP contribution in [0, 0.1) is 0 Å². The van der Waals surface area contributed by atoms with Crippen molar-refractivity contribution in [2.45, 2.75) is 64.1 Å². The molecular weight excluding hydrogens is 246 g/mol. The van der Waals surface area contributed by atoms with Gasteiger partial charge in [-0.25, -0.2) is 0 Å². The second kappa shape index (κ2) is 7.15. The topological polar surface area (TPSA) is 29.9 Å². The molecule has 1 atom stereocenters. The predicted octanol–water partition coefficient (Wildman–Crippen LogP) is 3.50. The molecule has 1 heterocycles. The molecule has 0 aromatic carbocycles. The summed E-state index contributed by atoms with van der Waals surface area (Å²) in [6, 6.07) is 3.30. The summed E-state index contributed by atoms with van der Waals surface area (Å²) in [7, 11) is 0. The Morgan fingerprint density at radius 2 is 2.28 bits per heavy atom. The highest BCUT2D eigenvalue weighted by Crippen LogP contribution is 2.28. The van der Waals surface area contributed by atoms with Crippen LogP contribution in [0.1, 0.15) is 57.2 Å². The zero-order chi connectivity index (χ0) is 12.8. The van der Waals surface area contributed by atoms with Gasteiger partial charge in [-0.15, -0.1) is 11.6 Å². The molecule has 102 valence electrons. The molecule has 1 fully saturated rings. The van der Waals surface area contributed by atoms with Gasteiger partial charge in [-0.2, -0.15) is 5.10 Å². The quantitative estimate of drug-likeness (QED) is 0.768. The van der Waals surface area contributed by atoms with Crippen LogP contribution in [0.3, 0.4) is 0 Å². The van der Waals surface area contributed by atoms with Crippen LogP contribution >= 0.6 is 11.6 Å². The lowest BCUT2D eigenvalue weighted by Crippen LogP contribution is -2.25. The van der Waals surface area contributed by atoms with Gasteiger partial charge in [0.2, 0.25) is 0 Å². The van der Waals surface area contributed by atoms with E-state index in [2.05, 4.69) is 34.3 Å². The second-order valence-corrected chi connectivity index (χ2v) is 5.72. The first-order chi connectivity index (χ1) is 8.79. The molecular formula is C14H24ClN3. The molecule has 2 rings (SSSR count). The minimum Gasteiger partial charge on any atom is -0.309 e. The third-order valence-corrected chi connectivity index (χ3v) is 4.03. The third-order valence-electron chi connectivity index (χ3n) is 3.76. The molecule has 0 spiro atoms. The highest BCUT2D eigenvalue weighted by molar-refractivity contribution is 6.17. The van der Waals surface area contributed by atoms with Gasteiger partial charge in [-0.3, -0.25) is 4.68 Å². The fourth-order valence-corrected chi connectivity index (χ4v) is 2.76. The molecule has 3 nitrogen and oxygen atoms in total. The molecule has 1 aromatic rings. The molecule has 1 N–H and O–H groups in total. The number of nitrogens with zero attached hydrogens (tertiary/aromatic N) is 2. The van der Waals surface area contributed by atoms with E-state index in [0.29, 0.717) is 12.1 Å². The molecule has 1 aromatic heterocycles. The lowest BCUT2D eigenvalue weighted by molar-refractivity contribution is 0.454. The number of hydrogen-bond donors (Lipinski definition) is 1. The van der Waals surface area contributed by atoms with Crippen LogP contribution in [0.4, 0.5) is 0 Å². The standard InChI is InChI=1S/C14H24ClN3/c1-12(5-4-9-15)16-11-13-8-10-18(17-13)14-6-2-3-7-14/h8,10,12,14,16H,2-7,9,11H2,1H3. The Hall–Kier alpha value is -0.540. The predicted molar refractivity (Wildman–Crippen MR) is 76.0 cm³/mol. The Labute approximate surface area is 115 Å². The highest BCUT2D eigenvalue weighted by Gasteiger charge is 2.17. The average Bonchev–Trinajstić information content (AvgIpc) is 3.03. The van der Waals surface area contributed by atoms with Crippen molar-refractivity contribution in [3.8, 4) is 0 Å². The molecule has 18 heavy (non-hydrogen) atoms. The van der Waals surface area contributed by atoms with E-state index in [0.717, 1.165) is 31.0 Å². The molecule has 1 unspecified atom stereocenters. The van der Waals surface area contributed by atoms with Gasteiger partial charge in [0.25, 0.3) is 0 Å². The van der Waals surface area contributed by atoms with E-state index in [1.54, 1.807) is 0 Å². The van der Waals surface area contributed by atoms with Gasteiger partial charge in [-0.1, -0.05) is 12.8 Å². The second-order valence-electron chi connectivity index (χ2n) is 5.34. The van der Waals surface area contributed by atoms with Crippen molar-refractivity contribution in [3.05, 3.63) is 18.0 Å². The average molecular weight is 270 g/mol. The van der Waals surface area contributed by atoms with Crippen LogP contribution in [0.2, 0.25) is 0 Å². The van der Waals surface area contributed by atoms with Crippen molar-refractivity contribution in [1.82, 2.24) is 15.1 Å². The minimum atomic E-state index is 0.514. The molecule has 4 heteroatoms. The first kappa shape index (κ1) is 13.9. The van der Waals surface area contributed by atoms with Crippen LogP contribution in [0.15, 0.2) is 12.3 Å². The summed E-state index contributed by atoms with van der Waals surface area (Å²) in [4.78, 5) is 0. The Morgan fingerprint density at radius 1 is 1.50 bits per heavy atom. The van der Waals surface area contributed by atoms with Crippen LogP contribution in [0.5, 0.6) is 0 Å². The van der Waals surface area contributed by atoms with Gasteiger partial charge >= 0.3 is 0 Å². The first-order valence-corrected chi connectivity index (χ1v) is 7.66. The maximum atomic E-state index is 5.70. The molecule has 0 radical (unpaired) electrons. The summed E-state index contributed by atoms with van der Waals surface area (Å²) < 4.78 is 2.16. The largest absolute Gasteiger partial charge is 0.309 e. The fourth-order valence-electron chi connectivity index (χ4n) is 2.61. The minimum absolute atomic E-state index is 0.514. The van der Waals surface area contributed by atoms with Crippen molar-refractivity contribution < 1.29 is 0 Å². The van der Waals surface area contributed by atoms with Gasteiger partial charge in [0, 0.05) is 24.7 Å². The van der Waals surface area contributed by atoms with E-state index in [4.69, 9.17) is 11.6 Å². The molecule has 1 saturated carbocycles. The van der Waals surface area contributed by atoms with Crippen molar-refractivity contribution in [2.24, 2.45) is 0 Å². The van der Waals surface area contributed by atoms with Crippen molar-refractivity contribution in [2.75, 3.05) is 5.88 Å². The maximum Gasteiger partial charge on any atom is 0.0762 e. The smallest absolute Gasteiger partial charge is 0.0762 e. The van der Waals surface area contributed by atoms with E-state index in [1.807, 2.05) is 0 Å². The van der Waals surface area contributed by atoms with E-state index in [1.165, 1.54) is 25.7 Å². The summed E-state index contributed by atoms with van der Waals surface area (Å²) in [5.41, 5.74) is 1.15. The number of alkyl halides is 1. The number of hydrogen-bond acceptors (Lipinski definition) is 2. The molecule has 0 aliphatic heterocycles. The van der Waals surface area contributed by atoms with Gasteiger partial charge in [0.1, 0.15) is 0 Å². The maximum absolute atomic E-state index is 5.70. The number of halogens is 1. The molecule has 0 amide bonds. The number of aromatic nitrogens is 2. The van der Waals surface area contributed by atoms with Gasteiger partial charge in [0.05, 0.1) is 11.7 Å². The summed E-state index contributed by atoms with van der Waals surface area (Å²) in [5, 5.41) is 8.18. The van der Waals surface area contributed by atoms with Crippen LogP contribution in [0.25, 0.3) is 0 Å². The normalized spacial score (nSPS) is 18.3. The SMILES string of the molecule is CC(CCCCl)NCc1ccn(C2CCCC2)n1. The van der Waals surface area contributed by atoms with Gasteiger partial charge < -0.3 is 5.32 Å². The lowest BCUT2D eigenvalue weighted by Gasteiger charge is -2.12. The monoisotopic (exact) mass is 269 g/mol. The Morgan fingerprint density at radius 3 is 3.00 bits per heavy atom. The van der Waals surface area contributed by atoms with Gasteiger partial charge in [-0.05, 0) is 38.7 Å². The van der Waals surface area contributed by atoms with Crippen LogP contribution in [-0.4, -0.2) is 21.7 Å². The Bertz CT molecular complexity index is 345.